The molecule has 8 heterocycles. The zero-order valence-electron chi connectivity index (χ0n) is 68.3. The molecule has 5 aromatic rings. The van der Waals surface area contributed by atoms with Crippen molar-refractivity contribution in [3.63, 3.8) is 0 Å². The number of hydrogen-bond donors (Lipinski definition) is 11. The van der Waals surface area contributed by atoms with Gasteiger partial charge in [-0.15, -0.1) is 0 Å². The number of pyridine rings is 1. The van der Waals surface area contributed by atoms with E-state index in [4.69, 9.17) is 42.4 Å². The minimum absolute atomic E-state index is 0.0891. The van der Waals surface area contributed by atoms with E-state index in [1.165, 1.54) is 50.5 Å². The van der Waals surface area contributed by atoms with Crippen LogP contribution in [-0.2, 0) is 54.2 Å². The standard InChI is InChI=1S/C27H27ClN6O4.C14H16N2O4.C13H14N2O4.C8H16N2O2.C8H6O3.C7H14N2O2.C6H12N2O2/c28-17-11-31-19-10-18(32-24(19)23(17)33-22-15-5-4-14(9-15)21(22)25(29)35)13-2-1-3-16(8-13)26(36)34-7-6-30-20(12-34)27(37)38;1-20-14(19)12-8-16(6-5-15-12)13(18)11-4-2-3-10(7-11)9-17;16-8-9-2-1-3-10(6-9)12(17)15-5-4-14-11(7-15)13(18)19;1-9-4-5-10(2)7(6-9)8(11)12-3;9-5-6-2-1-3-7(4-6)8(10)11;1-8-3-4-9(2)6(5-8)7(10)11;1-10-6(9)5-4-7-2-3-8-5/h1-5,8,11,14-15,20-22,30H,6-7,9-10,12H2,(H2,29,35)(H,31,33)(H,37,38);2-4,7,9,12,15H,5-6,8H2,1H3;1-3,6,8,11,14H,4-5,7H2,(H,18,19);7H,4-6H2,1-3H3;1-5H,(H,10,11);6H,3-5H2,1-2H3,(H,10,11);5,7-8H,2-4H2,1H3/t14-,15+,20?,21+,22-;;;;;;/m1....../s1. The maximum Gasteiger partial charge on any atom is 0.335 e. The molecule has 6 unspecified atom stereocenters. The molecule has 121 heavy (non-hydrogen) atoms. The number of carbonyl (C=O) groups is 14. The summed E-state index contributed by atoms with van der Waals surface area (Å²) in [5.41, 5.74) is 12.0. The second-order valence-corrected chi connectivity index (χ2v) is 30.2. The van der Waals surface area contributed by atoms with E-state index < -0.39 is 42.0 Å². The van der Waals surface area contributed by atoms with Gasteiger partial charge >= 0.3 is 41.8 Å². The van der Waals surface area contributed by atoms with Crippen molar-refractivity contribution in [3.8, 4) is 0 Å². The fraction of sp³-hybridized carbons (Fsp3) is 0.446. The predicted molar refractivity (Wildman–Crippen MR) is 443 cm³/mol. The highest BCUT2D eigenvalue weighted by atomic mass is 35.5. The second kappa shape index (κ2) is 46.2. The van der Waals surface area contributed by atoms with E-state index in [0.29, 0.717) is 127 Å². The van der Waals surface area contributed by atoms with Gasteiger partial charge in [0.1, 0.15) is 60.8 Å². The lowest BCUT2D eigenvalue weighted by atomic mass is 9.88. The number of fused-ring (bicyclic) bond motifs is 3. The number of likely N-dealkylation sites (N-methyl/N-ethyl adjacent to an activating group) is 4. The van der Waals surface area contributed by atoms with Gasteiger partial charge in [0, 0.05) is 170 Å². The number of carbonyl (C=O) groups excluding carboxylic acids is 10. The number of aldehydes is 3. The number of aliphatic imine (C=N–C) groups is 1. The minimum Gasteiger partial charge on any atom is -0.480 e. The molecule has 38 heteroatoms. The van der Waals surface area contributed by atoms with Gasteiger partial charge in [0.2, 0.25) is 5.91 Å². The quantitative estimate of drug-likeness (QED) is 0.0264. The first-order chi connectivity index (χ1) is 57.9. The zero-order chi connectivity index (χ0) is 88.1. The molecule has 650 valence electrons. The lowest BCUT2D eigenvalue weighted by Gasteiger charge is -2.35. The number of ether oxygens (including phenoxy) is 3. The third-order valence-corrected chi connectivity index (χ3v) is 21.8. The number of hydrogen-bond acceptors (Lipinski definition) is 29. The summed E-state index contributed by atoms with van der Waals surface area (Å²) in [6, 6.07) is 23.1. The molecule has 0 spiro atoms. The summed E-state index contributed by atoms with van der Waals surface area (Å²) in [7, 11) is 11.9. The molecule has 4 aromatic carbocycles. The average Bonchev–Trinajstić information content (AvgIpc) is 1.61. The molecule has 14 rings (SSSR count). The fourth-order valence-electron chi connectivity index (χ4n) is 14.7. The van der Waals surface area contributed by atoms with Crippen LogP contribution in [0.1, 0.15) is 90.2 Å². The van der Waals surface area contributed by atoms with Gasteiger partial charge in [-0.1, -0.05) is 72.3 Å². The lowest BCUT2D eigenvalue weighted by Crippen LogP contribution is -2.56. The topological polar surface area (TPSA) is 494 Å². The summed E-state index contributed by atoms with van der Waals surface area (Å²) in [5.74, 6) is -5.39. The number of esters is 3. The number of allylic oxidation sites excluding steroid dienone is 1. The monoisotopic (exact) mass is 1700 g/mol. The summed E-state index contributed by atoms with van der Waals surface area (Å²) in [4.78, 5) is 181. The summed E-state index contributed by atoms with van der Waals surface area (Å²) in [6.07, 6.45) is 9.13. The van der Waals surface area contributed by atoms with Crippen molar-refractivity contribution in [3.05, 3.63) is 171 Å². The average molecular weight is 1700 g/mol. The molecular formula is C83H105ClN16O21. The Morgan fingerprint density at radius 1 is 0.512 bits per heavy atom. The number of benzene rings is 4. The smallest absolute Gasteiger partial charge is 0.335 e. The second-order valence-electron chi connectivity index (χ2n) is 29.8. The number of piperazine rings is 6. The van der Waals surface area contributed by atoms with Crippen LogP contribution in [0.2, 0.25) is 5.02 Å². The van der Waals surface area contributed by atoms with Gasteiger partial charge in [-0.25, -0.2) is 9.79 Å². The molecule has 37 nitrogen and oxygen atoms in total. The number of rotatable bonds is 17. The summed E-state index contributed by atoms with van der Waals surface area (Å²) in [6.45, 7) is 10.8. The Kier molecular flexibility index (Phi) is 36.2. The van der Waals surface area contributed by atoms with E-state index in [0.717, 1.165) is 69.2 Å². The predicted octanol–water partition coefficient (Wildman–Crippen LogP) is 0.722. The largest absolute Gasteiger partial charge is 0.480 e. The van der Waals surface area contributed by atoms with Crippen LogP contribution in [0.15, 0.2) is 120 Å². The number of carboxylic acid groups (broad SMARTS) is 4. The van der Waals surface area contributed by atoms with E-state index >= 15 is 0 Å². The fourth-order valence-corrected chi connectivity index (χ4v) is 14.9. The molecule has 0 radical (unpaired) electrons. The van der Waals surface area contributed by atoms with Crippen molar-refractivity contribution >= 4 is 113 Å². The van der Waals surface area contributed by atoms with E-state index in [1.54, 1.807) is 82.7 Å². The first-order valence-corrected chi connectivity index (χ1v) is 39.5. The van der Waals surface area contributed by atoms with Crippen LogP contribution in [0.5, 0.6) is 0 Å². The van der Waals surface area contributed by atoms with Gasteiger partial charge in [0.15, 0.2) is 0 Å². The van der Waals surface area contributed by atoms with Crippen LogP contribution >= 0.6 is 11.6 Å². The van der Waals surface area contributed by atoms with Gasteiger partial charge in [-0.05, 0) is 101 Å². The molecule has 7 fully saturated rings. The van der Waals surface area contributed by atoms with Crippen LogP contribution in [0, 0.1) is 17.8 Å². The van der Waals surface area contributed by atoms with Gasteiger partial charge in [-0.2, -0.15) is 0 Å². The van der Waals surface area contributed by atoms with E-state index in [2.05, 4.69) is 63.4 Å². The van der Waals surface area contributed by atoms with Gasteiger partial charge < -0.3 is 96.8 Å². The first kappa shape index (κ1) is 94.8. The molecule has 9 aliphatic rings. The lowest BCUT2D eigenvalue weighted by molar-refractivity contribution is -0.148. The van der Waals surface area contributed by atoms with Gasteiger partial charge in [-0.3, -0.25) is 77.1 Å². The van der Waals surface area contributed by atoms with Crippen molar-refractivity contribution in [1.29, 1.82) is 0 Å². The number of aromatic carboxylic acids is 1. The Bertz CT molecular complexity index is 4610. The number of carboxylic acids is 4. The number of nitrogens with zero attached hydrogens (tertiary/aromatic N) is 9. The van der Waals surface area contributed by atoms with Crippen LogP contribution in [0.25, 0.3) is 0 Å². The number of methoxy groups -OCH3 is 3. The van der Waals surface area contributed by atoms with E-state index in [-0.39, 0.29) is 109 Å². The SMILES string of the molecule is CN1CCN(C)C(C(=O)O)C1.COC(=O)C1CN(C(=O)c2cccc(C=O)c2)CCN1.COC(=O)C1CN(C)CCN1C.COC(=O)C1CNCCN1.NC(=O)[C@@H]1[C@H](Nc2c(Cl)cnc3c2N=C(c2cccc(C(=O)N4CCNC(C(=O)O)C4)c2)C3)[C@H]2C=C[C@@H]1C2.O=Cc1cccc(C(=O)N2CCNC(C(=O)O)C2)c1.O=Cc1cccc(C(=O)O)c1. The molecule has 1 saturated carbocycles. The molecular weight excluding hydrogens is 1590 g/mol. The Labute approximate surface area is 704 Å². The third-order valence-electron chi connectivity index (χ3n) is 21.5. The van der Waals surface area contributed by atoms with Crippen molar-refractivity contribution in [2.75, 3.05) is 173 Å². The van der Waals surface area contributed by atoms with Crippen molar-refractivity contribution in [1.82, 2.24) is 65.9 Å². The molecule has 7 aliphatic heterocycles. The normalized spacial score (nSPS) is 22.8. The van der Waals surface area contributed by atoms with Crippen LogP contribution in [0.4, 0.5) is 11.4 Å². The van der Waals surface area contributed by atoms with Gasteiger partial charge in [0.05, 0.1) is 54.9 Å². The highest BCUT2D eigenvalue weighted by molar-refractivity contribution is 6.34. The maximum absolute atomic E-state index is 13.2. The summed E-state index contributed by atoms with van der Waals surface area (Å²) in [5, 5.41) is 54.3. The summed E-state index contributed by atoms with van der Waals surface area (Å²) < 4.78 is 13.9. The number of aliphatic carboxylic acids is 3. The van der Waals surface area contributed by atoms with E-state index in [1.807, 2.05) is 49.0 Å². The maximum atomic E-state index is 13.2. The highest BCUT2D eigenvalue weighted by Crippen LogP contribution is 2.48. The number of nitrogens with one attached hydrogen (secondary N) is 6. The van der Waals surface area contributed by atoms with Crippen LogP contribution < -0.4 is 37.6 Å². The molecule has 6 saturated heterocycles. The Hall–Kier alpha value is -11.7. The van der Waals surface area contributed by atoms with Crippen LogP contribution in [-0.4, -0.2) is 359 Å². The highest BCUT2D eigenvalue weighted by Gasteiger charge is 2.48. The number of primary amides is 1. The zero-order valence-corrected chi connectivity index (χ0v) is 69.1. The van der Waals surface area contributed by atoms with Crippen molar-refractivity contribution in [2.24, 2.45) is 28.5 Å². The van der Waals surface area contributed by atoms with Crippen LogP contribution in [0.3, 0.4) is 0 Å². The van der Waals surface area contributed by atoms with Crippen molar-refractivity contribution < 1.29 is 102 Å². The Morgan fingerprint density at radius 2 is 0.959 bits per heavy atom. The Morgan fingerprint density at radius 3 is 1.42 bits per heavy atom. The molecule has 4 amide bonds. The minimum atomic E-state index is -1.02. The Balaban J connectivity index is 0.000000188. The molecule has 2 aliphatic carbocycles. The number of halogens is 1. The third kappa shape index (κ3) is 26.7. The molecule has 12 N–H and O–H groups in total. The van der Waals surface area contributed by atoms with Gasteiger partial charge in [0.25, 0.3) is 17.7 Å². The molecule has 1 aromatic heterocycles. The van der Waals surface area contributed by atoms with Crippen molar-refractivity contribution in [2.45, 2.75) is 55.1 Å². The van der Waals surface area contributed by atoms with E-state index in [9.17, 15) is 72.2 Å². The molecule has 10 atom stereocenters. The number of nitrogens with two attached hydrogens (primary N) is 1. The molecule has 2 bridgehead atoms. The first-order valence-electron chi connectivity index (χ1n) is 39.1. The number of amides is 4. The number of anilines is 1. The summed E-state index contributed by atoms with van der Waals surface area (Å²) >= 11 is 6.57. The number of aromatic nitrogens is 1.